The standard InChI is InChI=1S/C9H8N4O3/c14-6-1-5(2-7(15)3-6)9(16)11-8-4-10-13-12-8/h1-4,14-15H,(H2,10,11,12,13,16). The smallest absolute Gasteiger partial charge is 0.257 e. The number of amides is 1. The van der Waals surface area contributed by atoms with E-state index in [2.05, 4.69) is 20.7 Å². The van der Waals surface area contributed by atoms with Gasteiger partial charge in [-0.05, 0) is 12.1 Å². The Bertz CT molecular complexity index is 489. The zero-order valence-electron chi connectivity index (χ0n) is 8.01. The molecule has 0 fully saturated rings. The molecule has 0 spiro atoms. The van der Waals surface area contributed by atoms with E-state index in [1.807, 2.05) is 0 Å². The third kappa shape index (κ3) is 2.08. The van der Waals surface area contributed by atoms with Gasteiger partial charge in [-0.1, -0.05) is 0 Å². The monoisotopic (exact) mass is 220 g/mol. The minimum absolute atomic E-state index is 0.125. The Morgan fingerprint density at radius 3 is 2.50 bits per heavy atom. The van der Waals surface area contributed by atoms with Crippen molar-refractivity contribution >= 4 is 11.7 Å². The summed E-state index contributed by atoms with van der Waals surface area (Å²) in [5, 5.41) is 30.3. The third-order valence-corrected chi connectivity index (χ3v) is 1.82. The molecule has 7 heteroatoms. The van der Waals surface area contributed by atoms with Crippen molar-refractivity contribution in [3.05, 3.63) is 30.0 Å². The first kappa shape index (κ1) is 9.97. The second-order valence-electron chi connectivity index (χ2n) is 3.05. The zero-order chi connectivity index (χ0) is 11.5. The molecule has 0 saturated heterocycles. The van der Waals surface area contributed by atoms with Gasteiger partial charge < -0.3 is 15.5 Å². The lowest BCUT2D eigenvalue weighted by Gasteiger charge is -2.02. The second-order valence-corrected chi connectivity index (χ2v) is 3.05. The van der Waals surface area contributed by atoms with E-state index in [0.717, 1.165) is 6.07 Å². The van der Waals surface area contributed by atoms with Crippen LogP contribution in [0.15, 0.2) is 24.4 Å². The summed E-state index contributed by atoms with van der Waals surface area (Å²) in [7, 11) is 0. The quantitative estimate of drug-likeness (QED) is 0.587. The van der Waals surface area contributed by atoms with Gasteiger partial charge in [-0.15, -0.1) is 5.10 Å². The van der Waals surface area contributed by atoms with Gasteiger partial charge in [0.1, 0.15) is 11.5 Å². The average Bonchev–Trinajstić information content (AvgIpc) is 2.68. The Morgan fingerprint density at radius 2 is 1.94 bits per heavy atom. The predicted molar refractivity (Wildman–Crippen MR) is 54.1 cm³/mol. The molecule has 1 aromatic heterocycles. The fourth-order valence-corrected chi connectivity index (χ4v) is 1.18. The SMILES string of the molecule is O=C(Nc1cn[nH]n1)c1cc(O)cc(O)c1. The van der Waals surface area contributed by atoms with Crippen LogP contribution in [0, 0.1) is 0 Å². The molecule has 0 atom stereocenters. The number of nitrogens with zero attached hydrogens (tertiary/aromatic N) is 2. The van der Waals surface area contributed by atoms with E-state index in [-0.39, 0.29) is 22.9 Å². The summed E-state index contributed by atoms with van der Waals surface area (Å²) >= 11 is 0. The van der Waals surface area contributed by atoms with E-state index >= 15 is 0 Å². The van der Waals surface area contributed by atoms with Crippen LogP contribution in [0.4, 0.5) is 5.82 Å². The molecule has 0 bridgehead atoms. The van der Waals surface area contributed by atoms with Crippen LogP contribution in [0.5, 0.6) is 11.5 Å². The molecule has 82 valence electrons. The van der Waals surface area contributed by atoms with Gasteiger partial charge in [0.15, 0.2) is 5.82 Å². The van der Waals surface area contributed by atoms with Crippen molar-refractivity contribution < 1.29 is 15.0 Å². The van der Waals surface area contributed by atoms with E-state index < -0.39 is 5.91 Å². The molecule has 1 amide bonds. The highest BCUT2D eigenvalue weighted by Gasteiger charge is 2.09. The van der Waals surface area contributed by atoms with Crippen LogP contribution in [0.25, 0.3) is 0 Å². The highest BCUT2D eigenvalue weighted by atomic mass is 16.3. The lowest BCUT2D eigenvalue weighted by atomic mass is 10.2. The van der Waals surface area contributed by atoms with E-state index in [4.69, 9.17) is 0 Å². The molecule has 0 saturated carbocycles. The fraction of sp³-hybridized carbons (Fsp3) is 0. The second kappa shape index (κ2) is 3.89. The van der Waals surface area contributed by atoms with Crippen molar-refractivity contribution in [1.82, 2.24) is 15.4 Å². The molecule has 0 aliphatic carbocycles. The normalized spacial score (nSPS) is 10.0. The van der Waals surface area contributed by atoms with Gasteiger partial charge in [0.2, 0.25) is 0 Å². The van der Waals surface area contributed by atoms with E-state index in [1.165, 1.54) is 18.3 Å². The summed E-state index contributed by atoms with van der Waals surface area (Å²) in [6.07, 6.45) is 1.33. The van der Waals surface area contributed by atoms with Crippen molar-refractivity contribution in [2.75, 3.05) is 5.32 Å². The van der Waals surface area contributed by atoms with Crippen molar-refractivity contribution in [1.29, 1.82) is 0 Å². The number of hydrogen-bond acceptors (Lipinski definition) is 5. The number of rotatable bonds is 2. The molecule has 1 aromatic carbocycles. The summed E-state index contributed by atoms with van der Waals surface area (Å²) in [6, 6.07) is 3.59. The first-order valence-corrected chi connectivity index (χ1v) is 4.35. The summed E-state index contributed by atoms with van der Waals surface area (Å²) in [6.45, 7) is 0. The van der Waals surface area contributed by atoms with Gasteiger partial charge in [0, 0.05) is 11.6 Å². The first-order valence-electron chi connectivity index (χ1n) is 4.35. The molecule has 0 aliphatic rings. The molecule has 16 heavy (non-hydrogen) atoms. The van der Waals surface area contributed by atoms with Gasteiger partial charge in [0.25, 0.3) is 5.91 Å². The summed E-state index contributed by atoms with van der Waals surface area (Å²) in [5.41, 5.74) is 0.125. The Hall–Kier alpha value is -2.57. The molecule has 0 aliphatic heterocycles. The van der Waals surface area contributed by atoms with Crippen molar-refractivity contribution in [2.24, 2.45) is 0 Å². The molecule has 0 unspecified atom stereocenters. The summed E-state index contributed by atoms with van der Waals surface area (Å²) in [4.78, 5) is 11.6. The molecule has 2 rings (SSSR count). The number of H-pyrrole nitrogens is 1. The maximum Gasteiger partial charge on any atom is 0.257 e. The van der Waals surface area contributed by atoms with Crippen LogP contribution in [-0.4, -0.2) is 31.5 Å². The number of carbonyl (C=O) groups excluding carboxylic acids is 1. The van der Waals surface area contributed by atoms with Crippen molar-refractivity contribution in [2.45, 2.75) is 0 Å². The third-order valence-electron chi connectivity index (χ3n) is 1.82. The number of nitrogens with one attached hydrogen (secondary N) is 2. The molecule has 1 heterocycles. The van der Waals surface area contributed by atoms with E-state index in [9.17, 15) is 15.0 Å². The molecular weight excluding hydrogens is 212 g/mol. The lowest BCUT2D eigenvalue weighted by molar-refractivity contribution is 0.102. The number of benzene rings is 1. The maximum absolute atomic E-state index is 11.6. The number of phenolic OH excluding ortho intramolecular Hbond substituents is 2. The zero-order valence-corrected chi connectivity index (χ0v) is 8.01. The predicted octanol–water partition coefficient (Wildman–Crippen LogP) is 0.468. The maximum atomic E-state index is 11.6. The van der Waals surface area contributed by atoms with Crippen molar-refractivity contribution in [3.8, 4) is 11.5 Å². The number of aromatic amines is 1. The van der Waals surface area contributed by atoms with E-state index in [0.29, 0.717) is 0 Å². The Morgan fingerprint density at radius 1 is 1.25 bits per heavy atom. The Labute approximate surface area is 89.7 Å². The minimum atomic E-state index is -0.500. The topological polar surface area (TPSA) is 111 Å². The number of aromatic hydroxyl groups is 2. The lowest BCUT2D eigenvalue weighted by Crippen LogP contribution is -2.11. The molecule has 0 radical (unpaired) electrons. The number of anilines is 1. The van der Waals surface area contributed by atoms with Crippen LogP contribution >= 0.6 is 0 Å². The van der Waals surface area contributed by atoms with Gasteiger partial charge in [-0.2, -0.15) is 10.3 Å². The Balaban J connectivity index is 2.21. The van der Waals surface area contributed by atoms with Gasteiger partial charge in [-0.3, -0.25) is 4.79 Å². The van der Waals surface area contributed by atoms with E-state index in [1.54, 1.807) is 0 Å². The number of phenols is 2. The average molecular weight is 220 g/mol. The highest BCUT2D eigenvalue weighted by Crippen LogP contribution is 2.20. The molecule has 2 aromatic rings. The van der Waals surface area contributed by atoms with Crippen LogP contribution in [0.1, 0.15) is 10.4 Å². The van der Waals surface area contributed by atoms with Gasteiger partial charge in [-0.25, -0.2) is 0 Å². The highest BCUT2D eigenvalue weighted by molar-refractivity contribution is 6.04. The largest absolute Gasteiger partial charge is 0.508 e. The first-order chi connectivity index (χ1) is 7.65. The van der Waals surface area contributed by atoms with Gasteiger partial charge >= 0.3 is 0 Å². The van der Waals surface area contributed by atoms with Crippen LogP contribution < -0.4 is 5.32 Å². The van der Waals surface area contributed by atoms with Crippen LogP contribution in [0.2, 0.25) is 0 Å². The fourth-order valence-electron chi connectivity index (χ4n) is 1.18. The number of carbonyl (C=O) groups is 1. The van der Waals surface area contributed by atoms with Crippen molar-refractivity contribution in [3.63, 3.8) is 0 Å². The molecular formula is C9H8N4O3. The number of hydrogen-bond donors (Lipinski definition) is 4. The molecule has 4 N–H and O–H groups in total. The summed E-state index contributed by atoms with van der Waals surface area (Å²) in [5.74, 6) is -0.622. The van der Waals surface area contributed by atoms with Crippen LogP contribution in [0.3, 0.4) is 0 Å². The Kier molecular flexibility index (Phi) is 2.42. The number of aromatic nitrogens is 3. The van der Waals surface area contributed by atoms with Gasteiger partial charge in [0.05, 0.1) is 6.20 Å². The van der Waals surface area contributed by atoms with Crippen LogP contribution in [-0.2, 0) is 0 Å². The minimum Gasteiger partial charge on any atom is -0.508 e. The summed E-state index contributed by atoms with van der Waals surface area (Å²) < 4.78 is 0. The molecule has 7 nitrogen and oxygen atoms in total.